The fourth-order valence-corrected chi connectivity index (χ4v) is 1.84. The number of rotatable bonds is 4. The molecular weight excluding hydrogens is 200 g/mol. The number of nitrogens with two attached hydrogens (primary N) is 1. The standard InChI is InChI=1S/C13H18N2O/c1-13(2)7-11(13)15-8-9-3-5-10(6-4-9)12(14)16/h3-6,11,15H,7-8H2,1-2H3,(H2,14,16). The van der Waals surface area contributed by atoms with Crippen LogP contribution in [-0.4, -0.2) is 11.9 Å². The molecule has 0 bridgehead atoms. The van der Waals surface area contributed by atoms with E-state index < -0.39 is 0 Å². The molecule has 0 spiro atoms. The van der Waals surface area contributed by atoms with Gasteiger partial charge in [-0.1, -0.05) is 26.0 Å². The lowest BCUT2D eigenvalue weighted by Gasteiger charge is -2.06. The van der Waals surface area contributed by atoms with Crippen molar-refractivity contribution in [2.45, 2.75) is 32.9 Å². The number of carbonyl (C=O) groups excluding carboxylic acids is 1. The molecule has 86 valence electrons. The molecule has 1 aromatic carbocycles. The van der Waals surface area contributed by atoms with E-state index in [-0.39, 0.29) is 5.91 Å². The summed E-state index contributed by atoms with van der Waals surface area (Å²) in [5.74, 6) is -0.372. The van der Waals surface area contributed by atoms with Crippen LogP contribution in [0.15, 0.2) is 24.3 Å². The van der Waals surface area contributed by atoms with Crippen LogP contribution < -0.4 is 11.1 Å². The zero-order chi connectivity index (χ0) is 11.8. The van der Waals surface area contributed by atoms with E-state index in [1.165, 1.54) is 12.0 Å². The minimum atomic E-state index is -0.372. The zero-order valence-electron chi connectivity index (χ0n) is 9.79. The van der Waals surface area contributed by atoms with Gasteiger partial charge in [0.25, 0.3) is 0 Å². The number of nitrogens with one attached hydrogen (secondary N) is 1. The van der Waals surface area contributed by atoms with Gasteiger partial charge in [0.15, 0.2) is 0 Å². The predicted molar refractivity (Wildman–Crippen MR) is 64.0 cm³/mol. The Hall–Kier alpha value is -1.35. The second-order valence-corrected chi connectivity index (χ2v) is 5.19. The smallest absolute Gasteiger partial charge is 0.248 e. The molecular formula is C13H18N2O. The Bertz CT molecular complexity index is 395. The summed E-state index contributed by atoms with van der Waals surface area (Å²) < 4.78 is 0. The third-order valence-electron chi connectivity index (χ3n) is 3.30. The minimum Gasteiger partial charge on any atom is -0.366 e. The van der Waals surface area contributed by atoms with Crippen LogP contribution in [0.2, 0.25) is 0 Å². The Morgan fingerprint density at radius 1 is 1.44 bits per heavy atom. The average Bonchev–Trinajstić information content (AvgIpc) is 2.84. The van der Waals surface area contributed by atoms with Crippen LogP contribution in [0.4, 0.5) is 0 Å². The van der Waals surface area contributed by atoms with Gasteiger partial charge in [0.2, 0.25) is 5.91 Å². The van der Waals surface area contributed by atoms with E-state index in [1.54, 1.807) is 12.1 Å². The van der Waals surface area contributed by atoms with E-state index in [1.807, 2.05) is 12.1 Å². The normalized spacial score (nSPS) is 21.8. The number of carbonyl (C=O) groups is 1. The zero-order valence-corrected chi connectivity index (χ0v) is 9.79. The van der Waals surface area contributed by atoms with Crippen LogP contribution in [0, 0.1) is 5.41 Å². The van der Waals surface area contributed by atoms with Crippen molar-refractivity contribution in [3.05, 3.63) is 35.4 Å². The summed E-state index contributed by atoms with van der Waals surface area (Å²) in [7, 11) is 0. The molecule has 1 fully saturated rings. The Kier molecular flexibility index (Phi) is 2.72. The summed E-state index contributed by atoms with van der Waals surface area (Å²) in [4.78, 5) is 10.9. The number of benzene rings is 1. The van der Waals surface area contributed by atoms with Crippen LogP contribution >= 0.6 is 0 Å². The van der Waals surface area contributed by atoms with Crippen LogP contribution in [0.3, 0.4) is 0 Å². The predicted octanol–water partition coefficient (Wildman–Crippen LogP) is 1.67. The third-order valence-corrected chi connectivity index (χ3v) is 3.30. The maximum Gasteiger partial charge on any atom is 0.248 e. The van der Waals surface area contributed by atoms with Crippen LogP contribution in [-0.2, 0) is 6.54 Å². The van der Waals surface area contributed by atoms with Gasteiger partial charge in [-0.05, 0) is 29.5 Å². The molecule has 1 amide bonds. The van der Waals surface area contributed by atoms with Gasteiger partial charge in [-0.15, -0.1) is 0 Å². The van der Waals surface area contributed by atoms with Gasteiger partial charge in [-0.2, -0.15) is 0 Å². The van der Waals surface area contributed by atoms with Crippen molar-refractivity contribution in [2.75, 3.05) is 0 Å². The topological polar surface area (TPSA) is 55.1 Å². The van der Waals surface area contributed by atoms with E-state index >= 15 is 0 Å². The summed E-state index contributed by atoms with van der Waals surface area (Å²) in [5, 5.41) is 3.50. The maximum absolute atomic E-state index is 10.9. The molecule has 16 heavy (non-hydrogen) atoms. The van der Waals surface area contributed by atoms with Crippen molar-refractivity contribution in [3.8, 4) is 0 Å². The highest BCUT2D eigenvalue weighted by Gasteiger charge is 2.44. The SMILES string of the molecule is CC1(C)CC1NCc1ccc(C(N)=O)cc1. The number of primary amides is 1. The van der Waals surface area contributed by atoms with Gasteiger partial charge in [-0.3, -0.25) is 4.79 Å². The lowest BCUT2D eigenvalue weighted by atomic mass is 10.1. The van der Waals surface area contributed by atoms with Crippen molar-refractivity contribution in [1.82, 2.24) is 5.32 Å². The van der Waals surface area contributed by atoms with Gasteiger partial charge in [0.1, 0.15) is 0 Å². The highest BCUT2D eigenvalue weighted by molar-refractivity contribution is 5.92. The first-order valence-electron chi connectivity index (χ1n) is 5.61. The molecule has 0 aromatic heterocycles. The van der Waals surface area contributed by atoms with E-state index in [0.717, 1.165) is 6.54 Å². The van der Waals surface area contributed by atoms with E-state index in [4.69, 9.17) is 5.73 Å². The monoisotopic (exact) mass is 218 g/mol. The average molecular weight is 218 g/mol. The largest absolute Gasteiger partial charge is 0.366 e. The number of hydrogen-bond donors (Lipinski definition) is 2. The van der Waals surface area contributed by atoms with E-state index in [0.29, 0.717) is 17.0 Å². The van der Waals surface area contributed by atoms with Crippen LogP contribution in [0.1, 0.15) is 36.2 Å². The fourth-order valence-electron chi connectivity index (χ4n) is 1.84. The third kappa shape index (κ3) is 2.42. The van der Waals surface area contributed by atoms with Crippen molar-refractivity contribution < 1.29 is 4.79 Å². The molecule has 2 rings (SSSR count). The van der Waals surface area contributed by atoms with Crippen molar-refractivity contribution >= 4 is 5.91 Å². The number of hydrogen-bond acceptors (Lipinski definition) is 2. The molecule has 1 unspecified atom stereocenters. The molecule has 1 aliphatic rings. The second kappa shape index (κ2) is 3.91. The quantitative estimate of drug-likeness (QED) is 0.807. The molecule has 0 saturated heterocycles. The fraction of sp³-hybridized carbons (Fsp3) is 0.462. The Balaban J connectivity index is 1.88. The lowest BCUT2D eigenvalue weighted by molar-refractivity contribution is 0.100. The van der Waals surface area contributed by atoms with Crippen LogP contribution in [0.5, 0.6) is 0 Å². The molecule has 1 saturated carbocycles. The van der Waals surface area contributed by atoms with Gasteiger partial charge < -0.3 is 11.1 Å². The van der Waals surface area contributed by atoms with Gasteiger partial charge >= 0.3 is 0 Å². The van der Waals surface area contributed by atoms with Crippen molar-refractivity contribution in [2.24, 2.45) is 11.1 Å². The molecule has 0 aliphatic heterocycles. The Labute approximate surface area is 96.0 Å². The van der Waals surface area contributed by atoms with Gasteiger partial charge in [0.05, 0.1) is 0 Å². The molecule has 1 aromatic rings. The maximum atomic E-state index is 10.9. The molecule has 1 aliphatic carbocycles. The Morgan fingerprint density at radius 2 is 2.00 bits per heavy atom. The highest BCUT2D eigenvalue weighted by Crippen LogP contribution is 2.44. The number of amides is 1. The summed E-state index contributed by atoms with van der Waals surface area (Å²) in [6.07, 6.45) is 1.24. The lowest BCUT2D eigenvalue weighted by Crippen LogP contribution is -2.20. The Morgan fingerprint density at radius 3 is 2.44 bits per heavy atom. The molecule has 3 N–H and O–H groups in total. The summed E-state index contributed by atoms with van der Waals surface area (Å²) in [5.41, 5.74) is 7.38. The van der Waals surface area contributed by atoms with Crippen molar-refractivity contribution in [3.63, 3.8) is 0 Å². The first-order valence-corrected chi connectivity index (χ1v) is 5.61. The second-order valence-electron chi connectivity index (χ2n) is 5.19. The molecule has 3 nitrogen and oxygen atoms in total. The van der Waals surface area contributed by atoms with Gasteiger partial charge in [-0.25, -0.2) is 0 Å². The van der Waals surface area contributed by atoms with Crippen molar-refractivity contribution in [1.29, 1.82) is 0 Å². The molecule has 3 heteroatoms. The first kappa shape index (κ1) is 11.1. The van der Waals surface area contributed by atoms with E-state index in [9.17, 15) is 4.79 Å². The molecule has 1 atom stereocenters. The highest BCUT2D eigenvalue weighted by atomic mass is 16.1. The summed E-state index contributed by atoms with van der Waals surface area (Å²) in [6, 6.07) is 8.07. The van der Waals surface area contributed by atoms with Gasteiger partial charge in [0, 0.05) is 18.2 Å². The first-order chi connectivity index (χ1) is 7.49. The molecule has 0 heterocycles. The van der Waals surface area contributed by atoms with E-state index in [2.05, 4.69) is 19.2 Å². The minimum absolute atomic E-state index is 0.372. The van der Waals surface area contributed by atoms with Crippen LogP contribution in [0.25, 0.3) is 0 Å². The summed E-state index contributed by atoms with van der Waals surface area (Å²) in [6.45, 7) is 5.38. The summed E-state index contributed by atoms with van der Waals surface area (Å²) >= 11 is 0. The molecule has 0 radical (unpaired) electrons.